The first-order valence-electron chi connectivity index (χ1n) is 11.4. The molecule has 0 bridgehead atoms. The van der Waals surface area contributed by atoms with Crippen molar-refractivity contribution in [1.82, 2.24) is 19.8 Å². The second-order valence-corrected chi connectivity index (χ2v) is 9.44. The number of amidine groups is 1. The molecule has 0 saturated carbocycles. The van der Waals surface area contributed by atoms with Gasteiger partial charge >= 0.3 is 12.1 Å². The zero-order valence-electron chi connectivity index (χ0n) is 20.6. The highest BCUT2D eigenvalue weighted by Gasteiger charge is 2.33. The fraction of sp³-hybridized carbons (Fsp3) is 0.259. The summed E-state index contributed by atoms with van der Waals surface area (Å²) in [7, 11) is 0. The number of amides is 3. The van der Waals surface area contributed by atoms with E-state index in [0.717, 1.165) is 28.1 Å². The summed E-state index contributed by atoms with van der Waals surface area (Å²) in [5, 5.41) is 2.85. The SMILES string of the molecule is Cc1cn(-c2ccc(/C=C3\NC(=O)N(Cc4ccccc4)\C3=N/C(=O)OC(C)(C)C)cc2C)cn1. The molecule has 3 aromatic rings. The van der Waals surface area contributed by atoms with Gasteiger partial charge in [0.1, 0.15) is 5.60 Å². The molecule has 1 aliphatic rings. The predicted molar refractivity (Wildman–Crippen MR) is 135 cm³/mol. The average Bonchev–Trinajstić information content (AvgIpc) is 3.32. The van der Waals surface area contributed by atoms with Gasteiger partial charge in [0.25, 0.3) is 0 Å². The molecule has 1 saturated heterocycles. The molecule has 35 heavy (non-hydrogen) atoms. The quantitative estimate of drug-likeness (QED) is 0.553. The van der Waals surface area contributed by atoms with Crippen LogP contribution in [-0.2, 0) is 11.3 Å². The second kappa shape index (κ2) is 9.58. The number of ether oxygens (including phenoxy) is 1. The Labute approximate surface area is 205 Å². The minimum absolute atomic E-state index is 0.222. The van der Waals surface area contributed by atoms with Crippen LogP contribution < -0.4 is 5.32 Å². The van der Waals surface area contributed by atoms with Gasteiger partial charge in [0.2, 0.25) is 0 Å². The van der Waals surface area contributed by atoms with Crippen molar-refractivity contribution in [3.63, 3.8) is 0 Å². The Hall–Kier alpha value is -4.20. The molecule has 8 heteroatoms. The number of aliphatic imine (C=N–C) groups is 1. The summed E-state index contributed by atoms with van der Waals surface area (Å²) in [6, 6.07) is 15.1. The lowest BCUT2D eigenvalue weighted by Crippen LogP contribution is -2.31. The van der Waals surface area contributed by atoms with Gasteiger partial charge in [-0.2, -0.15) is 4.99 Å². The molecule has 0 unspecified atom stereocenters. The molecule has 1 aliphatic heterocycles. The van der Waals surface area contributed by atoms with E-state index in [1.54, 1.807) is 27.1 Å². The second-order valence-electron chi connectivity index (χ2n) is 9.44. The molecule has 0 atom stereocenters. The van der Waals surface area contributed by atoms with E-state index < -0.39 is 11.7 Å². The lowest BCUT2D eigenvalue weighted by molar-refractivity contribution is 0.0603. The first kappa shape index (κ1) is 23.9. The number of hydrogen-bond donors (Lipinski definition) is 1. The van der Waals surface area contributed by atoms with E-state index in [1.165, 1.54) is 4.90 Å². The molecule has 8 nitrogen and oxygen atoms in total. The Balaban J connectivity index is 1.69. The van der Waals surface area contributed by atoms with Gasteiger partial charge < -0.3 is 14.6 Å². The third-order valence-electron chi connectivity index (χ3n) is 5.28. The number of aryl methyl sites for hydroxylation is 2. The molecule has 2 aromatic carbocycles. The Morgan fingerprint density at radius 1 is 1.14 bits per heavy atom. The fourth-order valence-electron chi connectivity index (χ4n) is 3.76. The predicted octanol–water partition coefficient (Wildman–Crippen LogP) is 5.39. The number of carbonyl (C=O) groups is 2. The third-order valence-corrected chi connectivity index (χ3v) is 5.28. The number of benzene rings is 2. The molecular formula is C27H29N5O3. The smallest absolute Gasteiger partial charge is 0.436 e. The van der Waals surface area contributed by atoms with Crippen LogP contribution in [0.3, 0.4) is 0 Å². The highest BCUT2D eigenvalue weighted by atomic mass is 16.6. The van der Waals surface area contributed by atoms with Gasteiger partial charge in [0.05, 0.1) is 24.3 Å². The molecule has 0 aliphatic carbocycles. The van der Waals surface area contributed by atoms with Crippen molar-refractivity contribution >= 4 is 24.0 Å². The molecule has 4 rings (SSSR count). The van der Waals surface area contributed by atoms with Crippen molar-refractivity contribution in [3.05, 3.63) is 89.1 Å². The van der Waals surface area contributed by atoms with Crippen molar-refractivity contribution in [2.24, 2.45) is 4.99 Å². The van der Waals surface area contributed by atoms with Crippen molar-refractivity contribution in [2.75, 3.05) is 0 Å². The number of rotatable bonds is 4. The summed E-state index contributed by atoms with van der Waals surface area (Å²) >= 11 is 0. The number of aromatic nitrogens is 2. The van der Waals surface area contributed by atoms with E-state index in [-0.39, 0.29) is 18.4 Å². The Kier molecular flexibility index (Phi) is 6.55. The van der Waals surface area contributed by atoms with Crippen molar-refractivity contribution < 1.29 is 14.3 Å². The van der Waals surface area contributed by atoms with Gasteiger partial charge in [0, 0.05) is 11.9 Å². The van der Waals surface area contributed by atoms with Gasteiger partial charge in [-0.05, 0) is 69.5 Å². The van der Waals surface area contributed by atoms with Crippen molar-refractivity contribution in [1.29, 1.82) is 0 Å². The summed E-state index contributed by atoms with van der Waals surface area (Å²) in [6.45, 7) is 9.54. The fourth-order valence-corrected chi connectivity index (χ4v) is 3.76. The number of hydrogen-bond acceptors (Lipinski definition) is 4. The molecular weight excluding hydrogens is 442 g/mol. The topological polar surface area (TPSA) is 88.8 Å². The van der Waals surface area contributed by atoms with E-state index in [4.69, 9.17) is 4.74 Å². The van der Waals surface area contributed by atoms with Crippen LogP contribution in [0.5, 0.6) is 0 Å². The summed E-state index contributed by atoms with van der Waals surface area (Å²) in [6.07, 6.45) is 4.79. The van der Waals surface area contributed by atoms with E-state index in [2.05, 4.69) is 15.3 Å². The number of nitrogens with one attached hydrogen (secondary N) is 1. The minimum Gasteiger partial charge on any atom is -0.442 e. The van der Waals surface area contributed by atoms with Crippen LogP contribution in [0.25, 0.3) is 11.8 Å². The molecule has 1 aromatic heterocycles. The molecule has 1 fully saturated rings. The highest BCUT2D eigenvalue weighted by Crippen LogP contribution is 2.22. The van der Waals surface area contributed by atoms with Crippen LogP contribution in [0.2, 0.25) is 0 Å². The van der Waals surface area contributed by atoms with Crippen LogP contribution in [0.1, 0.15) is 43.2 Å². The van der Waals surface area contributed by atoms with Gasteiger partial charge in [-0.3, -0.25) is 4.90 Å². The number of imidazole rings is 1. The van der Waals surface area contributed by atoms with Crippen LogP contribution in [-0.4, -0.2) is 38.0 Å². The molecule has 180 valence electrons. The first-order valence-corrected chi connectivity index (χ1v) is 11.4. The van der Waals surface area contributed by atoms with Gasteiger partial charge in [-0.25, -0.2) is 14.6 Å². The zero-order chi connectivity index (χ0) is 25.2. The monoisotopic (exact) mass is 471 g/mol. The molecule has 0 spiro atoms. The van der Waals surface area contributed by atoms with E-state index in [9.17, 15) is 9.59 Å². The molecule has 0 radical (unpaired) electrons. The van der Waals surface area contributed by atoms with Crippen molar-refractivity contribution in [2.45, 2.75) is 46.8 Å². The van der Waals surface area contributed by atoms with E-state index in [0.29, 0.717) is 5.70 Å². The van der Waals surface area contributed by atoms with Crippen LogP contribution >= 0.6 is 0 Å². The highest BCUT2D eigenvalue weighted by molar-refractivity contribution is 6.18. The lowest BCUT2D eigenvalue weighted by atomic mass is 10.1. The Morgan fingerprint density at radius 2 is 1.89 bits per heavy atom. The molecule has 3 amide bonds. The van der Waals surface area contributed by atoms with Gasteiger partial charge in [-0.15, -0.1) is 0 Å². The zero-order valence-corrected chi connectivity index (χ0v) is 20.6. The summed E-state index contributed by atoms with van der Waals surface area (Å²) < 4.78 is 7.36. The number of urea groups is 1. The lowest BCUT2D eigenvalue weighted by Gasteiger charge is -2.19. The number of carbonyl (C=O) groups excluding carboxylic acids is 2. The average molecular weight is 472 g/mol. The standard InChI is InChI=1S/C27H29N5O3/c1-18-13-21(11-12-23(18)31-15-19(2)28-17-31)14-22-24(30-26(34)35-27(3,4)5)32(25(33)29-22)16-20-9-7-6-8-10-20/h6-15,17H,16H2,1-5H3,(H,29,33)/b22-14-,30-24-. The Morgan fingerprint density at radius 3 is 2.51 bits per heavy atom. The maximum atomic E-state index is 12.9. The molecule has 2 heterocycles. The summed E-state index contributed by atoms with van der Waals surface area (Å²) in [4.78, 5) is 35.4. The largest absolute Gasteiger partial charge is 0.442 e. The van der Waals surface area contributed by atoms with Crippen LogP contribution in [0.4, 0.5) is 9.59 Å². The third kappa shape index (κ3) is 5.84. The van der Waals surface area contributed by atoms with Crippen LogP contribution in [0, 0.1) is 13.8 Å². The van der Waals surface area contributed by atoms with E-state index >= 15 is 0 Å². The maximum Gasteiger partial charge on any atom is 0.436 e. The van der Waals surface area contributed by atoms with Gasteiger partial charge in [0.15, 0.2) is 5.84 Å². The Bertz CT molecular complexity index is 1320. The normalized spacial score (nSPS) is 16.1. The first-order chi connectivity index (χ1) is 16.6. The van der Waals surface area contributed by atoms with Gasteiger partial charge in [-0.1, -0.05) is 36.4 Å². The number of nitrogens with zero attached hydrogens (tertiary/aromatic N) is 4. The van der Waals surface area contributed by atoms with E-state index in [1.807, 2.05) is 79.2 Å². The van der Waals surface area contributed by atoms with Crippen LogP contribution in [0.15, 0.2) is 71.7 Å². The maximum absolute atomic E-state index is 12.9. The minimum atomic E-state index is -0.755. The summed E-state index contributed by atoms with van der Waals surface area (Å²) in [5.41, 5.74) is 4.48. The molecule has 1 N–H and O–H groups in total. The van der Waals surface area contributed by atoms with Crippen molar-refractivity contribution in [3.8, 4) is 5.69 Å². The summed E-state index contributed by atoms with van der Waals surface area (Å²) in [5.74, 6) is 0.222.